The lowest BCUT2D eigenvalue weighted by molar-refractivity contribution is -0.118. The summed E-state index contributed by atoms with van der Waals surface area (Å²) in [6.45, 7) is -0.173. The molecular weight excluding hydrogens is 324 g/mol. The van der Waals surface area contributed by atoms with Gasteiger partial charge in [0.2, 0.25) is 0 Å². The molecule has 0 aliphatic rings. The molecule has 25 heavy (non-hydrogen) atoms. The van der Waals surface area contributed by atoms with Crippen molar-refractivity contribution in [3.63, 3.8) is 0 Å². The molecule has 2 aromatic carbocycles. The topological polar surface area (TPSA) is 85.9 Å². The highest BCUT2D eigenvalue weighted by molar-refractivity contribution is 5.97. The minimum atomic E-state index is -0.353. The van der Waals surface area contributed by atoms with Gasteiger partial charge in [0.05, 0.1) is 19.9 Å². The molecule has 0 saturated carbocycles. The van der Waals surface area contributed by atoms with E-state index in [2.05, 4.69) is 10.6 Å². The number of amides is 2. The van der Waals surface area contributed by atoms with Gasteiger partial charge in [0, 0.05) is 18.7 Å². The maximum Gasteiger partial charge on any atom is 0.262 e. The van der Waals surface area contributed by atoms with Crippen molar-refractivity contribution >= 4 is 17.5 Å². The van der Waals surface area contributed by atoms with E-state index in [0.717, 1.165) is 0 Å². The van der Waals surface area contributed by atoms with E-state index >= 15 is 0 Å². The lowest BCUT2D eigenvalue weighted by Crippen LogP contribution is -2.21. The number of rotatable bonds is 7. The number of ether oxygens (including phenoxy) is 3. The van der Waals surface area contributed by atoms with Crippen molar-refractivity contribution in [1.82, 2.24) is 5.32 Å². The van der Waals surface area contributed by atoms with E-state index in [9.17, 15) is 9.59 Å². The van der Waals surface area contributed by atoms with Gasteiger partial charge >= 0.3 is 0 Å². The highest BCUT2D eigenvalue weighted by Crippen LogP contribution is 2.25. The molecule has 7 nitrogen and oxygen atoms in total. The first kappa shape index (κ1) is 18.1. The summed E-state index contributed by atoms with van der Waals surface area (Å²) in [5, 5.41) is 5.22. The maximum absolute atomic E-state index is 12.1. The summed E-state index contributed by atoms with van der Waals surface area (Å²) in [5.41, 5.74) is 0.888. The molecule has 0 fully saturated rings. The quantitative estimate of drug-likeness (QED) is 0.803. The van der Waals surface area contributed by atoms with E-state index in [1.807, 2.05) is 0 Å². The minimum absolute atomic E-state index is 0.173. The van der Waals surface area contributed by atoms with Gasteiger partial charge in [-0.15, -0.1) is 0 Å². The van der Waals surface area contributed by atoms with Crippen LogP contribution in [0.2, 0.25) is 0 Å². The smallest absolute Gasteiger partial charge is 0.262 e. The van der Waals surface area contributed by atoms with Crippen molar-refractivity contribution in [3.05, 3.63) is 48.0 Å². The van der Waals surface area contributed by atoms with Crippen molar-refractivity contribution in [2.24, 2.45) is 0 Å². The molecule has 7 heteroatoms. The highest BCUT2D eigenvalue weighted by atomic mass is 16.5. The van der Waals surface area contributed by atoms with E-state index in [1.165, 1.54) is 7.11 Å². The third-order valence-electron chi connectivity index (χ3n) is 3.38. The van der Waals surface area contributed by atoms with Gasteiger partial charge in [0.1, 0.15) is 17.2 Å². The lowest BCUT2D eigenvalue weighted by atomic mass is 10.1. The largest absolute Gasteiger partial charge is 0.497 e. The third kappa shape index (κ3) is 4.87. The van der Waals surface area contributed by atoms with Crippen LogP contribution in [-0.4, -0.2) is 39.7 Å². The Morgan fingerprint density at radius 1 is 1.00 bits per heavy atom. The van der Waals surface area contributed by atoms with Gasteiger partial charge < -0.3 is 24.8 Å². The van der Waals surface area contributed by atoms with Gasteiger partial charge in [-0.3, -0.25) is 9.59 Å². The van der Waals surface area contributed by atoms with Crippen molar-refractivity contribution in [1.29, 1.82) is 0 Å². The normalized spacial score (nSPS) is 9.88. The van der Waals surface area contributed by atoms with Gasteiger partial charge in [-0.25, -0.2) is 0 Å². The molecule has 0 radical (unpaired) electrons. The van der Waals surface area contributed by atoms with E-state index in [1.54, 1.807) is 56.6 Å². The standard InChI is InChI=1S/C18H20N2O5/c1-19-18(22)12-7-8-15(16(9-12)24-3)20-17(21)11-25-14-6-4-5-13(10-14)23-2/h4-10H,11H2,1-3H3,(H,19,22)(H,20,21). The Labute approximate surface area is 145 Å². The van der Waals surface area contributed by atoms with E-state index in [0.29, 0.717) is 28.5 Å². The van der Waals surface area contributed by atoms with E-state index < -0.39 is 0 Å². The Morgan fingerprint density at radius 3 is 2.44 bits per heavy atom. The zero-order chi connectivity index (χ0) is 18.2. The van der Waals surface area contributed by atoms with Crippen molar-refractivity contribution in [3.8, 4) is 17.2 Å². The number of methoxy groups -OCH3 is 2. The average molecular weight is 344 g/mol. The Bertz CT molecular complexity index is 761. The summed E-state index contributed by atoms with van der Waals surface area (Å²) in [5.74, 6) is 0.961. The summed E-state index contributed by atoms with van der Waals surface area (Å²) >= 11 is 0. The Balaban J connectivity index is 2.01. The van der Waals surface area contributed by atoms with Crippen molar-refractivity contribution in [2.75, 3.05) is 33.2 Å². The molecule has 0 heterocycles. The second-order valence-corrected chi connectivity index (χ2v) is 5.01. The number of nitrogens with one attached hydrogen (secondary N) is 2. The van der Waals surface area contributed by atoms with Crippen LogP contribution in [0.4, 0.5) is 5.69 Å². The van der Waals surface area contributed by atoms with Gasteiger partial charge in [0.15, 0.2) is 6.61 Å². The number of hydrogen-bond donors (Lipinski definition) is 2. The fourth-order valence-electron chi connectivity index (χ4n) is 2.11. The first-order chi connectivity index (χ1) is 12.1. The maximum atomic E-state index is 12.1. The van der Waals surface area contributed by atoms with Crippen LogP contribution in [0.25, 0.3) is 0 Å². The van der Waals surface area contributed by atoms with Crippen molar-refractivity contribution in [2.45, 2.75) is 0 Å². The average Bonchev–Trinajstić information content (AvgIpc) is 2.66. The zero-order valence-electron chi connectivity index (χ0n) is 14.3. The molecule has 0 spiro atoms. The molecule has 0 aliphatic carbocycles. The molecule has 2 N–H and O–H groups in total. The fraction of sp³-hybridized carbons (Fsp3) is 0.222. The Hall–Kier alpha value is -3.22. The van der Waals surface area contributed by atoms with Crippen molar-refractivity contribution < 1.29 is 23.8 Å². The van der Waals surface area contributed by atoms with Crippen LogP contribution in [-0.2, 0) is 4.79 Å². The van der Waals surface area contributed by atoms with Crippen LogP contribution in [0.3, 0.4) is 0 Å². The predicted octanol–water partition coefficient (Wildman–Crippen LogP) is 2.08. The first-order valence-corrected chi connectivity index (χ1v) is 7.54. The third-order valence-corrected chi connectivity index (χ3v) is 3.38. The van der Waals surface area contributed by atoms with Gasteiger partial charge in [-0.2, -0.15) is 0 Å². The SMILES string of the molecule is CNC(=O)c1ccc(NC(=O)COc2cccc(OC)c2)c(OC)c1. The molecule has 0 unspecified atom stereocenters. The molecule has 0 bridgehead atoms. The highest BCUT2D eigenvalue weighted by Gasteiger charge is 2.12. The lowest BCUT2D eigenvalue weighted by Gasteiger charge is -2.12. The second-order valence-electron chi connectivity index (χ2n) is 5.01. The molecule has 132 valence electrons. The fourth-order valence-corrected chi connectivity index (χ4v) is 2.11. The minimum Gasteiger partial charge on any atom is -0.497 e. The Kier molecular flexibility index (Phi) is 6.22. The van der Waals surface area contributed by atoms with Crippen LogP contribution in [0.15, 0.2) is 42.5 Å². The number of hydrogen-bond acceptors (Lipinski definition) is 5. The van der Waals surface area contributed by atoms with Crippen LogP contribution in [0.5, 0.6) is 17.2 Å². The van der Waals surface area contributed by atoms with Crippen LogP contribution >= 0.6 is 0 Å². The second kappa shape index (κ2) is 8.58. The number of benzene rings is 2. The number of anilines is 1. The van der Waals surface area contributed by atoms with Gasteiger partial charge in [-0.05, 0) is 30.3 Å². The van der Waals surface area contributed by atoms with Crippen LogP contribution < -0.4 is 24.8 Å². The summed E-state index contributed by atoms with van der Waals surface area (Å²) in [4.78, 5) is 23.7. The molecule has 2 rings (SSSR count). The van der Waals surface area contributed by atoms with Crippen LogP contribution in [0, 0.1) is 0 Å². The van der Waals surface area contributed by atoms with E-state index in [-0.39, 0.29) is 18.4 Å². The zero-order valence-corrected chi connectivity index (χ0v) is 14.3. The summed E-state index contributed by atoms with van der Waals surface area (Å²) in [6.07, 6.45) is 0. The molecule has 0 saturated heterocycles. The van der Waals surface area contributed by atoms with Gasteiger partial charge in [-0.1, -0.05) is 6.07 Å². The molecule has 2 aromatic rings. The summed E-state index contributed by atoms with van der Waals surface area (Å²) < 4.78 is 15.8. The Morgan fingerprint density at radius 2 is 1.76 bits per heavy atom. The van der Waals surface area contributed by atoms with Crippen LogP contribution in [0.1, 0.15) is 10.4 Å². The van der Waals surface area contributed by atoms with E-state index in [4.69, 9.17) is 14.2 Å². The molecule has 0 aliphatic heterocycles. The monoisotopic (exact) mass is 344 g/mol. The molecule has 0 aromatic heterocycles. The molecule has 2 amide bonds. The summed E-state index contributed by atoms with van der Waals surface area (Å²) in [7, 11) is 4.56. The first-order valence-electron chi connectivity index (χ1n) is 7.54. The number of carbonyl (C=O) groups is 2. The number of carbonyl (C=O) groups excluding carboxylic acids is 2. The predicted molar refractivity (Wildman–Crippen MR) is 93.5 cm³/mol. The molecular formula is C18H20N2O5. The summed E-state index contributed by atoms with van der Waals surface area (Å²) in [6, 6.07) is 11.7. The molecule has 0 atom stereocenters. The van der Waals surface area contributed by atoms with Gasteiger partial charge in [0.25, 0.3) is 11.8 Å².